The maximum absolute atomic E-state index is 13.2. The van der Waals surface area contributed by atoms with E-state index in [0.717, 1.165) is 55.8 Å². The van der Waals surface area contributed by atoms with Crippen LogP contribution in [0.5, 0.6) is 5.75 Å². The van der Waals surface area contributed by atoms with Crippen molar-refractivity contribution in [1.29, 1.82) is 0 Å². The average Bonchev–Trinajstić information content (AvgIpc) is 3.29. The molecule has 1 N–H and O–H groups in total. The van der Waals surface area contributed by atoms with Gasteiger partial charge in [0.2, 0.25) is 0 Å². The van der Waals surface area contributed by atoms with Crippen LogP contribution in [0, 0.1) is 11.6 Å². The zero-order valence-corrected chi connectivity index (χ0v) is 18.7. The van der Waals surface area contributed by atoms with E-state index in [2.05, 4.69) is 10.2 Å². The van der Waals surface area contributed by atoms with Crippen LogP contribution in [0.4, 0.5) is 22.0 Å². The molecule has 2 aromatic carbocycles. The minimum absolute atomic E-state index is 0.0101. The maximum atomic E-state index is 13.2. The van der Waals surface area contributed by atoms with Gasteiger partial charge in [-0.25, -0.2) is 8.78 Å². The highest BCUT2D eigenvalue weighted by Gasteiger charge is 2.30. The Morgan fingerprint density at radius 2 is 1.71 bits per heavy atom. The molecule has 0 saturated carbocycles. The molecule has 3 aromatic rings. The first-order valence-corrected chi connectivity index (χ1v) is 11.1. The van der Waals surface area contributed by atoms with Crippen molar-refractivity contribution in [3.8, 4) is 11.4 Å². The Balaban J connectivity index is 1.21. The Hall–Kier alpha value is -3.40. The van der Waals surface area contributed by atoms with Crippen LogP contribution in [0.15, 0.2) is 60.9 Å². The summed E-state index contributed by atoms with van der Waals surface area (Å²) in [6.45, 7) is 1.93. The molecule has 1 aliphatic heterocycles. The van der Waals surface area contributed by atoms with Gasteiger partial charge in [-0.15, -0.1) is 0 Å². The number of aromatic nitrogens is 1. The molecule has 4 rings (SSSR count). The van der Waals surface area contributed by atoms with Gasteiger partial charge in [0.05, 0.1) is 5.56 Å². The summed E-state index contributed by atoms with van der Waals surface area (Å²) in [5, 5.41) is 2.90. The molecule has 0 bridgehead atoms. The molecule has 0 atom stereocenters. The number of carbonyl (C=O) groups is 1. The van der Waals surface area contributed by atoms with Gasteiger partial charge in [-0.2, -0.15) is 13.2 Å². The number of rotatable bonds is 7. The van der Waals surface area contributed by atoms with Gasteiger partial charge in [-0.05, 0) is 60.9 Å². The summed E-state index contributed by atoms with van der Waals surface area (Å²) in [6.07, 6.45) is 0.845. The van der Waals surface area contributed by atoms with Crippen molar-refractivity contribution in [3.63, 3.8) is 0 Å². The molecular weight excluding hydrogens is 469 g/mol. The Morgan fingerprint density at radius 3 is 2.37 bits per heavy atom. The predicted molar refractivity (Wildman–Crippen MR) is 119 cm³/mol. The van der Waals surface area contributed by atoms with Crippen molar-refractivity contribution in [2.75, 3.05) is 19.7 Å². The molecule has 1 fully saturated rings. The highest BCUT2D eigenvalue weighted by atomic mass is 19.4. The lowest BCUT2D eigenvalue weighted by molar-refractivity contribution is -0.137. The van der Waals surface area contributed by atoms with E-state index in [1.807, 2.05) is 18.5 Å². The van der Waals surface area contributed by atoms with Gasteiger partial charge < -0.3 is 14.6 Å². The largest absolute Gasteiger partial charge is 0.484 e. The molecule has 10 heteroatoms. The smallest absolute Gasteiger partial charge is 0.416 e. The lowest BCUT2D eigenvalue weighted by Crippen LogP contribution is -2.45. The quantitative estimate of drug-likeness (QED) is 0.475. The molecule has 0 radical (unpaired) electrons. The third-order valence-corrected chi connectivity index (χ3v) is 5.87. The van der Waals surface area contributed by atoms with Crippen molar-refractivity contribution >= 4 is 5.91 Å². The number of nitrogens with one attached hydrogen (secondary N) is 1. The minimum Gasteiger partial charge on any atom is -0.484 e. The summed E-state index contributed by atoms with van der Waals surface area (Å²) in [5.74, 6) is -2.27. The zero-order chi connectivity index (χ0) is 25.0. The van der Waals surface area contributed by atoms with Crippen molar-refractivity contribution in [1.82, 2.24) is 14.8 Å². The minimum atomic E-state index is -4.36. The summed E-state index contributed by atoms with van der Waals surface area (Å²) >= 11 is 0. The van der Waals surface area contributed by atoms with E-state index in [1.54, 1.807) is 4.57 Å². The van der Waals surface area contributed by atoms with E-state index in [9.17, 15) is 26.7 Å². The van der Waals surface area contributed by atoms with E-state index in [0.29, 0.717) is 12.2 Å². The van der Waals surface area contributed by atoms with Gasteiger partial charge in [-0.1, -0.05) is 0 Å². The highest BCUT2D eigenvalue weighted by molar-refractivity contribution is 5.77. The van der Waals surface area contributed by atoms with Gasteiger partial charge in [0.15, 0.2) is 18.2 Å². The van der Waals surface area contributed by atoms with Gasteiger partial charge in [-0.3, -0.25) is 9.69 Å². The molecule has 1 amide bonds. The summed E-state index contributed by atoms with van der Waals surface area (Å²) in [6, 6.07) is 10.0. The Labute approximate surface area is 199 Å². The molecule has 1 aromatic heterocycles. The maximum Gasteiger partial charge on any atom is 0.416 e. The fraction of sp³-hybridized carbons (Fsp3) is 0.320. The second-order valence-corrected chi connectivity index (χ2v) is 8.45. The monoisotopic (exact) mass is 493 g/mol. The second-order valence-electron chi connectivity index (χ2n) is 8.45. The molecule has 186 valence electrons. The van der Waals surface area contributed by atoms with Crippen LogP contribution in [0.1, 0.15) is 24.0 Å². The van der Waals surface area contributed by atoms with Gasteiger partial charge in [0.1, 0.15) is 5.75 Å². The number of carbonyl (C=O) groups excluding carboxylic acids is 1. The van der Waals surface area contributed by atoms with Crippen LogP contribution >= 0.6 is 0 Å². The number of likely N-dealkylation sites (tertiary alicyclic amines) is 1. The molecule has 2 heterocycles. The van der Waals surface area contributed by atoms with Gasteiger partial charge >= 0.3 is 6.18 Å². The lowest BCUT2D eigenvalue weighted by atomic mass is 10.0. The number of piperidine rings is 1. The van der Waals surface area contributed by atoms with Crippen molar-refractivity contribution in [2.45, 2.75) is 31.6 Å². The lowest BCUT2D eigenvalue weighted by Gasteiger charge is -2.32. The van der Waals surface area contributed by atoms with Crippen molar-refractivity contribution in [2.24, 2.45) is 0 Å². The number of alkyl halides is 3. The van der Waals surface area contributed by atoms with E-state index in [-0.39, 0.29) is 24.3 Å². The summed E-state index contributed by atoms with van der Waals surface area (Å²) in [7, 11) is 0. The molecule has 5 nitrogen and oxygen atoms in total. The summed E-state index contributed by atoms with van der Waals surface area (Å²) in [5.41, 5.74) is 1.00. The first-order chi connectivity index (χ1) is 16.7. The average molecular weight is 493 g/mol. The Morgan fingerprint density at radius 1 is 1.00 bits per heavy atom. The van der Waals surface area contributed by atoms with Crippen LogP contribution in [-0.4, -0.2) is 41.1 Å². The number of halogens is 5. The fourth-order valence-electron chi connectivity index (χ4n) is 4.00. The Bertz CT molecular complexity index is 1150. The number of ether oxygens (including phenoxy) is 1. The number of nitrogens with zero attached hydrogens (tertiary/aromatic N) is 2. The molecule has 0 spiro atoms. The molecule has 1 saturated heterocycles. The van der Waals surface area contributed by atoms with E-state index in [1.165, 1.54) is 18.2 Å². The first-order valence-electron chi connectivity index (χ1n) is 11.1. The van der Waals surface area contributed by atoms with Crippen LogP contribution in [0.3, 0.4) is 0 Å². The van der Waals surface area contributed by atoms with Crippen LogP contribution < -0.4 is 10.1 Å². The SMILES string of the molecule is O=C(COc1ccc(F)c(F)c1)NC1CCN(Cc2ccn(-c3ccc(C(F)(F)F)cc3)c2)CC1. The number of hydrogen-bond donors (Lipinski definition) is 1. The second kappa shape index (κ2) is 10.5. The Kier molecular flexibility index (Phi) is 7.39. The molecular formula is C25H24F5N3O2. The van der Waals surface area contributed by atoms with Crippen molar-refractivity contribution in [3.05, 3.63) is 83.7 Å². The molecule has 0 unspecified atom stereocenters. The van der Waals surface area contributed by atoms with Crippen LogP contribution in [0.2, 0.25) is 0 Å². The molecule has 35 heavy (non-hydrogen) atoms. The summed E-state index contributed by atoms with van der Waals surface area (Å²) < 4.78 is 71.4. The summed E-state index contributed by atoms with van der Waals surface area (Å²) in [4.78, 5) is 14.4. The van der Waals surface area contributed by atoms with E-state index < -0.39 is 23.4 Å². The van der Waals surface area contributed by atoms with E-state index in [4.69, 9.17) is 4.74 Å². The first kappa shape index (κ1) is 24.7. The predicted octanol–water partition coefficient (Wildman–Crippen LogP) is 4.93. The van der Waals surface area contributed by atoms with Crippen LogP contribution in [0.25, 0.3) is 5.69 Å². The topological polar surface area (TPSA) is 46.5 Å². The van der Waals surface area contributed by atoms with Crippen molar-refractivity contribution < 1.29 is 31.5 Å². The number of hydrogen-bond acceptors (Lipinski definition) is 3. The third kappa shape index (κ3) is 6.60. The van der Waals surface area contributed by atoms with E-state index >= 15 is 0 Å². The molecule has 1 aliphatic rings. The highest BCUT2D eigenvalue weighted by Crippen LogP contribution is 2.29. The molecule has 0 aliphatic carbocycles. The standard InChI is InChI=1S/C25H24F5N3O2/c26-22-6-5-21(13-23(22)27)35-16-24(34)31-19-8-10-32(11-9-19)14-17-7-12-33(15-17)20-3-1-18(2-4-20)25(28,29)30/h1-7,12-13,15,19H,8-11,14,16H2,(H,31,34). The third-order valence-electron chi connectivity index (χ3n) is 5.87. The van der Waals surface area contributed by atoms with Crippen LogP contribution in [-0.2, 0) is 17.5 Å². The zero-order valence-electron chi connectivity index (χ0n) is 18.7. The van der Waals surface area contributed by atoms with Gasteiger partial charge in [0.25, 0.3) is 5.91 Å². The number of amides is 1. The normalized spacial score (nSPS) is 15.2. The fourth-order valence-corrected chi connectivity index (χ4v) is 4.00. The van der Waals surface area contributed by atoms with Gasteiger partial charge in [0, 0.05) is 49.8 Å². The number of benzene rings is 2.